The lowest BCUT2D eigenvalue weighted by molar-refractivity contribution is -0.144. The molecule has 1 atom stereocenters. The third kappa shape index (κ3) is 4.26. The Morgan fingerprint density at radius 1 is 1.33 bits per heavy atom. The van der Waals surface area contributed by atoms with Gasteiger partial charge < -0.3 is 10.0 Å². The molecule has 1 saturated heterocycles. The highest BCUT2D eigenvalue weighted by atomic mass is 16.4. The van der Waals surface area contributed by atoms with Crippen molar-refractivity contribution in [2.75, 3.05) is 26.2 Å². The molecule has 2 rings (SSSR count). The average Bonchev–Trinajstić information content (AvgIpc) is 2.53. The van der Waals surface area contributed by atoms with Crippen LogP contribution < -0.4 is 0 Å². The van der Waals surface area contributed by atoms with E-state index in [2.05, 4.69) is 4.98 Å². The summed E-state index contributed by atoms with van der Waals surface area (Å²) in [6, 6.07) is 3.34. The zero-order valence-corrected chi connectivity index (χ0v) is 12.2. The number of aryl methyl sites for hydroxylation is 1. The van der Waals surface area contributed by atoms with E-state index in [4.69, 9.17) is 5.11 Å². The van der Waals surface area contributed by atoms with Gasteiger partial charge in [0.2, 0.25) is 5.91 Å². The largest absolute Gasteiger partial charge is 0.480 e. The number of hydrogen-bond acceptors (Lipinski definition) is 4. The van der Waals surface area contributed by atoms with Crippen LogP contribution in [0, 0.1) is 0 Å². The van der Waals surface area contributed by atoms with E-state index in [1.807, 2.05) is 21.9 Å². The molecule has 1 N–H and O–H groups in total. The number of carboxylic acid groups (broad SMARTS) is 1. The third-order valence-corrected chi connectivity index (χ3v) is 3.92. The van der Waals surface area contributed by atoms with Crippen LogP contribution in [0.25, 0.3) is 0 Å². The molecule has 1 fully saturated rings. The minimum atomic E-state index is -0.814. The molecular weight excluding hydrogens is 270 g/mol. The molecule has 0 bridgehead atoms. The SMILES string of the molecule is CC(C(=O)O)N1CCN(C(=O)CCc2cccnc2)CC1. The number of rotatable bonds is 5. The Kier molecular flexibility index (Phi) is 5.27. The zero-order valence-electron chi connectivity index (χ0n) is 12.2. The Morgan fingerprint density at radius 2 is 2.05 bits per heavy atom. The summed E-state index contributed by atoms with van der Waals surface area (Å²) in [5.41, 5.74) is 1.06. The molecule has 1 aromatic rings. The minimum absolute atomic E-state index is 0.126. The Hall–Kier alpha value is -1.95. The predicted octanol–water partition coefficient (Wildman–Crippen LogP) is 0.631. The van der Waals surface area contributed by atoms with Gasteiger partial charge in [0.1, 0.15) is 6.04 Å². The van der Waals surface area contributed by atoms with Gasteiger partial charge in [0.05, 0.1) is 0 Å². The molecule has 6 nitrogen and oxygen atoms in total. The number of aliphatic carboxylic acids is 1. The van der Waals surface area contributed by atoms with Crippen LogP contribution in [-0.2, 0) is 16.0 Å². The summed E-state index contributed by atoms with van der Waals surface area (Å²) in [6.45, 7) is 4.12. The smallest absolute Gasteiger partial charge is 0.320 e. The van der Waals surface area contributed by atoms with E-state index in [0.29, 0.717) is 39.0 Å². The second-order valence-electron chi connectivity index (χ2n) is 5.29. The van der Waals surface area contributed by atoms with Gasteiger partial charge in [-0.2, -0.15) is 0 Å². The number of pyridine rings is 1. The summed E-state index contributed by atoms with van der Waals surface area (Å²) in [5.74, 6) is -0.687. The minimum Gasteiger partial charge on any atom is -0.480 e. The van der Waals surface area contributed by atoms with Crippen molar-refractivity contribution in [2.24, 2.45) is 0 Å². The molecule has 1 aromatic heterocycles. The second-order valence-corrected chi connectivity index (χ2v) is 5.29. The second kappa shape index (κ2) is 7.17. The standard InChI is InChI=1S/C15H21N3O3/c1-12(15(20)21)17-7-9-18(10-8-17)14(19)5-4-13-3-2-6-16-11-13/h2-3,6,11-12H,4-5,7-10H2,1H3,(H,20,21). The van der Waals surface area contributed by atoms with E-state index in [9.17, 15) is 9.59 Å². The molecule has 0 spiro atoms. The molecule has 1 aliphatic heterocycles. The van der Waals surface area contributed by atoms with E-state index in [1.54, 1.807) is 19.3 Å². The maximum absolute atomic E-state index is 12.2. The molecule has 0 aromatic carbocycles. The van der Waals surface area contributed by atoms with Gasteiger partial charge in [-0.15, -0.1) is 0 Å². The van der Waals surface area contributed by atoms with Crippen molar-refractivity contribution in [3.8, 4) is 0 Å². The highest BCUT2D eigenvalue weighted by Gasteiger charge is 2.26. The Labute approximate surface area is 124 Å². The highest BCUT2D eigenvalue weighted by molar-refractivity contribution is 5.76. The van der Waals surface area contributed by atoms with Crippen LogP contribution in [-0.4, -0.2) is 64.0 Å². The number of nitrogens with zero attached hydrogens (tertiary/aromatic N) is 3. The molecule has 0 radical (unpaired) electrons. The van der Waals surface area contributed by atoms with Gasteiger partial charge in [0.25, 0.3) is 0 Å². The predicted molar refractivity (Wildman–Crippen MR) is 77.8 cm³/mol. The number of carboxylic acids is 1. The van der Waals surface area contributed by atoms with Gasteiger partial charge in [0, 0.05) is 45.0 Å². The molecule has 6 heteroatoms. The molecule has 0 saturated carbocycles. The number of carbonyl (C=O) groups is 2. The lowest BCUT2D eigenvalue weighted by Gasteiger charge is -2.36. The van der Waals surface area contributed by atoms with Crippen molar-refractivity contribution in [2.45, 2.75) is 25.8 Å². The van der Waals surface area contributed by atoms with E-state index in [1.165, 1.54) is 0 Å². The van der Waals surface area contributed by atoms with E-state index >= 15 is 0 Å². The molecular formula is C15H21N3O3. The topological polar surface area (TPSA) is 73.7 Å². The number of amides is 1. The first kappa shape index (κ1) is 15.4. The number of piperazine rings is 1. The van der Waals surface area contributed by atoms with Crippen LogP contribution in [0.1, 0.15) is 18.9 Å². The van der Waals surface area contributed by atoms with E-state index in [0.717, 1.165) is 5.56 Å². The third-order valence-electron chi connectivity index (χ3n) is 3.92. The maximum Gasteiger partial charge on any atom is 0.320 e. The van der Waals surface area contributed by atoms with Crippen LogP contribution in [0.3, 0.4) is 0 Å². The van der Waals surface area contributed by atoms with Gasteiger partial charge in [-0.3, -0.25) is 19.5 Å². The van der Waals surface area contributed by atoms with Gasteiger partial charge in [-0.05, 0) is 25.0 Å². The number of aromatic nitrogens is 1. The van der Waals surface area contributed by atoms with E-state index in [-0.39, 0.29) is 5.91 Å². The van der Waals surface area contributed by atoms with Crippen LogP contribution in [0.4, 0.5) is 0 Å². The fourth-order valence-corrected chi connectivity index (χ4v) is 2.47. The fourth-order valence-electron chi connectivity index (χ4n) is 2.47. The Morgan fingerprint density at radius 3 is 2.62 bits per heavy atom. The first-order chi connectivity index (χ1) is 10.1. The molecule has 1 unspecified atom stereocenters. The summed E-state index contributed by atoms with van der Waals surface area (Å²) in [7, 11) is 0. The van der Waals surface area contributed by atoms with Crippen LogP contribution in [0.2, 0.25) is 0 Å². The van der Waals surface area contributed by atoms with Crippen LogP contribution >= 0.6 is 0 Å². The summed E-state index contributed by atoms with van der Waals surface area (Å²) in [4.78, 5) is 30.8. The van der Waals surface area contributed by atoms with Gasteiger partial charge in [0.15, 0.2) is 0 Å². The van der Waals surface area contributed by atoms with Crippen molar-refractivity contribution < 1.29 is 14.7 Å². The zero-order chi connectivity index (χ0) is 15.2. The molecule has 2 heterocycles. The lowest BCUT2D eigenvalue weighted by atomic mass is 10.1. The highest BCUT2D eigenvalue weighted by Crippen LogP contribution is 2.09. The molecule has 21 heavy (non-hydrogen) atoms. The summed E-state index contributed by atoms with van der Waals surface area (Å²) < 4.78 is 0. The van der Waals surface area contributed by atoms with Gasteiger partial charge >= 0.3 is 5.97 Å². The van der Waals surface area contributed by atoms with Crippen LogP contribution in [0.15, 0.2) is 24.5 Å². The molecule has 1 amide bonds. The summed E-state index contributed by atoms with van der Waals surface area (Å²) in [6.07, 6.45) is 4.66. The maximum atomic E-state index is 12.2. The van der Waals surface area contributed by atoms with Gasteiger partial charge in [-0.25, -0.2) is 0 Å². The molecule has 0 aliphatic carbocycles. The molecule has 114 valence electrons. The van der Waals surface area contributed by atoms with Crippen molar-refractivity contribution in [3.05, 3.63) is 30.1 Å². The Bertz CT molecular complexity index is 484. The normalized spacial score (nSPS) is 17.5. The number of hydrogen-bond donors (Lipinski definition) is 1. The average molecular weight is 291 g/mol. The van der Waals surface area contributed by atoms with Crippen molar-refractivity contribution >= 4 is 11.9 Å². The fraction of sp³-hybridized carbons (Fsp3) is 0.533. The first-order valence-electron chi connectivity index (χ1n) is 7.21. The van der Waals surface area contributed by atoms with E-state index < -0.39 is 12.0 Å². The quantitative estimate of drug-likeness (QED) is 0.861. The van der Waals surface area contributed by atoms with Crippen LogP contribution in [0.5, 0.6) is 0 Å². The van der Waals surface area contributed by atoms with Crippen molar-refractivity contribution in [1.82, 2.24) is 14.8 Å². The lowest BCUT2D eigenvalue weighted by Crippen LogP contribution is -2.53. The summed E-state index contributed by atoms with van der Waals surface area (Å²) >= 11 is 0. The van der Waals surface area contributed by atoms with Gasteiger partial charge in [-0.1, -0.05) is 6.07 Å². The van der Waals surface area contributed by atoms with Crippen molar-refractivity contribution in [1.29, 1.82) is 0 Å². The summed E-state index contributed by atoms with van der Waals surface area (Å²) in [5, 5.41) is 8.99. The Balaban J connectivity index is 1.77. The van der Waals surface area contributed by atoms with Crippen molar-refractivity contribution in [3.63, 3.8) is 0 Å². The first-order valence-corrected chi connectivity index (χ1v) is 7.21. The molecule has 1 aliphatic rings. The monoisotopic (exact) mass is 291 g/mol. The number of carbonyl (C=O) groups excluding carboxylic acids is 1.